The summed E-state index contributed by atoms with van der Waals surface area (Å²) in [5.41, 5.74) is 0.494. The fourth-order valence-corrected chi connectivity index (χ4v) is 3.26. The average Bonchev–Trinajstić information content (AvgIpc) is 3.36. The monoisotopic (exact) mass is 418 g/mol. The number of ether oxygens (including phenoxy) is 3. The van der Waals surface area contributed by atoms with Crippen molar-refractivity contribution in [2.45, 2.75) is 32.9 Å². The van der Waals surface area contributed by atoms with E-state index in [1.165, 1.54) is 18.3 Å². The molecule has 1 aromatic carbocycles. The smallest absolute Gasteiger partial charge is 0.329 e. The normalized spacial score (nSPS) is 14.2. The number of carbonyl (C=O) groups excluding carboxylic acids is 3. The van der Waals surface area contributed by atoms with Crippen LogP contribution in [0.1, 0.15) is 30.4 Å². The molecule has 2 N–H and O–H groups in total. The van der Waals surface area contributed by atoms with Gasteiger partial charge in [0.05, 0.1) is 4.88 Å². The molecule has 0 unspecified atom stereocenters. The van der Waals surface area contributed by atoms with E-state index in [0.717, 1.165) is 0 Å². The molecule has 2 atom stereocenters. The second-order valence-corrected chi connectivity index (χ2v) is 7.76. The highest BCUT2D eigenvalue weighted by Crippen LogP contribution is 2.34. The highest BCUT2D eigenvalue weighted by molar-refractivity contribution is 7.12. The maximum Gasteiger partial charge on any atom is 0.329 e. The van der Waals surface area contributed by atoms with Crippen molar-refractivity contribution < 1.29 is 28.6 Å². The number of anilines is 1. The third-order valence-corrected chi connectivity index (χ3v) is 5.12. The van der Waals surface area contributed by atoms with Gasteiger partial charge in [0.15, 0.2) is 17.6 Å². The van der Waals surface area contributed by atoms with Gasteiger partial charge in [0.1, 0.15) is 6.04 Å². The van der Waals surface area contributed by atoms with Crippen LogP contribution in [0.2, 0.25) is 0 Å². The van der Waals surface area contributed by atoms with Crippen molar-refractivity contribution in [3.63, 3.8) is 0 Å². The zero-order chi connectivity index (χ0) is 21.0. The molecule has 0 spiro atoms. The molecular weight excluding hydrogens is 396 g/mol. The molecule has 3 rings (SSSR count). The second-order valence-electron chi connectivity index (χ2n) is 6.81. The minimum Gasteiger partial charge on any atom is -0.454 e. The van der Waals surface area contributed by atoms with Crippen molar-refractivity contribution in [3.05, 3.63) is 40.6 Å². The second kappa shape index (κ2) is 8.95. The summed E-state index contributed by atoms with van der Waals surface area (Å²) >= 11 is 1.28. The Bertz CT molecular complexity index is 896. The number of carbonyl (C=O) groups is 3. The fourth-order valence-electron chi connectivity index (χ4n) is 2.64. The molecule has 0 bridgehead atoms. The van der Waals surface area contributed by atoms with E-state index in [2.05, 4.69) is 10.6 Å². The number of nitrogens with one attached hydrogen (secondary N) is 2. The molecule has 0 saturated heterocycles. The molecule has 0 saturated carbocycles. The van der Waals surface area contributed by atoms with Gasteiger partial charge in [-0.3, -0.25) is 9.59 Å². The highest BCUT2D eigenvalue weighted by atomic mass is 32.1. The Balaban J connectivity index is 1.58. The summed E-state index contributed by atoms with van der Waals surface area (Å²) in [6.45, 7) is 5.18. The van der Waals surface area contributed by atoms with E-state index in [4.69, 9.17) is 14.2 Å². The predicted octanol–water partition coefficient (Wildman–Crippen LogP) is 2.80. The van der Waals surface area contributed by atoms with Gasteiger partial charge in [-0.05, 0) is 36.4 Å². The number of hydrogen-bond acceptors (Lipinski definition) is 7. The number of hydrogen-bond donors (Lipinski definition) is 2. The Morgan fingerprint density at radius 1 is 1.10 bits per heavy atom. The number of benzene rings is 1. The lowest BCUT2D eigenvalue weighted by Gasteiger charge is -2.22. The first-order chi connectivity index (χ1) is 13.8. The van der Waals surface area contributed by atoms with E-state index < -0.39 is 24.0 Å². The summed E-state index contributed by atoms with van der Waals surface area (Å²) in [7, 11) is 0. The largest absolute Gasteiger partial charge is 0.454 e. The van der Waals surface area contributed by atoms with Gasteiger partial charge in [-0.25, -0.2) is 4.79 Å². The van der Waals surface area contributed by atoms with Gasteiger partial charge >= 0.3 is 5.97 Å². The maximum atomic E-state index is 12.6. The summed E-state index contributed by atoms with van der Waals surface area (Å²) in [4.78, 5) is 37.7. The molecule has 0 fully saturated rings. The van der Waals surface area contributed by atoms with Gasteiger partial charge in [-0.1, -0.05) is 19.9 Å². The maximum absolute atomic E-state index is 12.6. The molecule has 1 aromatic heterocycles. The van der Waals surface area contributed by atoms with Gasteiger partial charge in [-0.15, -0.1) is 11.3 Å². The lowest BCUT2D eigenvalue weighted by molar-refractivity contribution is -0.156. The molecule has 9 heteroatoms. The van der Waals surface area contributed by atoms with Gasteiger partial charge in [-0.2, -0.15) is 0 Å². The standard InChI is InChI=1S/C20H22N2O6S/c1-11(2)17(22-19(24)16-5-4-8-29-16)20(25)28-12(3)18(23)21-13-6-7-14-15(9-13)27-10-26-14/h4-9,11-12,17H,10H2,1-3H3,(H,21,23)(H,22,24)/t12-,17-/m1/s1. The Kier molecular flexibility index (Phi) is 6.38. The van der Waals surface area contributed by atoms with Crippen molar-refractivity contribution in [2.24, 2.45) is 5.92 Å². The fraction of sp³-hybridized carbons (Fsp3) is 0.350. The van der Waals surface area contributed by atoms with Crippen LogP contribution in [0.25, 0.3) is 0 Å². The highest BCUT2D eigenvalue weighted by Gasteiger charge is 2.29. The summed E-state index contributed by atoms with van der Waals surface area (Å²) < 4.78 is 15.8. The molecule has 2 aromatic rings. The molecule has 1 aliphatic heterocycles. The lowest BCUT2D eigenvalue weighted by Crippen LogP contribution is -2.47. The topological polar surface area (TPSA) is 103 Å². The van der Waals surface area contributed by atoms with E-state index in [1.807, 2.05) is 0 Å². The Hall–Kier alpha value is -3.07. The van der Waals surface area contributed by atoms with Gasteiger partial charge in [0.2, 0.25) is 6.79 Å². The van der Waals surface area contributed by atoms with Gasteiger partial charge in [0.25, 0.3) is 11.8 Å². The summed E-state index contributed by atoms with van der Waals surface area (Å²) in [6.07, 6.45) is -1.05. The summed E-state index contributed by atoms with van der Waals surface area (Å²) in [6, 6.07) is 7.54. The quantitative estimate of drug-likeness (QED) is 0.671. The molecule has 1 aliphatic rings. The van der Waals surface area contributed by atoms with Crippen LogP contribution in [-0.4, -0.2) is 36.7 Å². The van der Waals surface area contributed by atoms with Gasteiger partial charge < -0.3 is 24.8 Å². The van der Waals surface area contributed by atoms with Crippen molar-refractivity contribution in [2.75, 3.05) is 12.1 Å². The lowest BCUT2D eigenvalue weighted by atomic mass is 10.0. The number of fused-ring (bicyclic) bond motifs is 1. The van der Waals surface area contributed by atoms with Crippen LogP contribution in [0.3, 0.4) is 0 Å². The molecule has 0 radical (unpaired) electrons. The minimum atomic E-state index is -1.05. The third-order valence-electron chi connectivity index (χ3n) is 4.25. The molecule has 154 valence electrons. The number of thiophene rings is 1. The van der Waals surface area contributed by atoms with E-state index >= 15 is 0 Å². The zero-order valence-corrected chi connectivity index (χ0v) is 17.1. The zero-order valence-electron chi connectivity index (χ0n) is 16.3. The van der Waals surface area contributed by atoms with Crippen LogP contribution >= 0.6 is 11.3 Å². The molecule has 29 heavy (non-hydrogen) atoms. The average molecular weight is 418 g/mol. The SMILES string of the molecule is CC(C)[C@@H](NC(=O)c1cccs1)C(=O)O[C@H](C)C(=O)Nc1ccc2c(c1)OCO2. The molecule has 2 heterocycles. The van der Waals surface area contributed by atoms with E-state index in [1.54, 1.807) is 49.6 Å². The van der Waals surface area contributed by atoms with Crippen LogP contribution in [0.5, 0.6) is 11.5 Å². The van der Waals surface area contributed by atoms with Crippen molar-refractivity contribution in [3.8, 4) is 11.5 Å². The third kappa shape index (κ3) is 5.05. The van der Waals surface area contributed by atoms with Crippen LogP contribution in [-0.2, 0) is 14.3 Å². The van der Waals surface area contributed by atoms with Crippen LogP contribution in [0.15, 0.2) is 35.7 Å². The number of esters is 1. The van der Waals surface area contributed by atoms with Crippen molar-refractivity contribution >= 4 is 34.8 Å². The van der Waals surface area contributed by atoms with E-state index in [9.17, 15) is 14.4 Å². The van der Waals surface area contributed by atoms with Crippen LogP contribution in [0, 0.1) is 5.92 Å². The first-order valence-electron chi connectivity index (χ1n) is 9.10. The minimum absolute atomic E-state index is 0.133. The Labute approximate surface area is 172 Å². The molecule has 8 nitrogen and oxygen atoms in total. The van der Waals surface area contributed by atoms with E-state index in [-0.39, 0.29) is 18.6 Å². The molecule has 0 aliphatic carbocycles. The first kappa shape index (κ1) is 20.7. The Morgan fingerprint density at radius 3 is 2.55 bits per heavy atom. The summed E-state index contributed by atoms with van der Waals surface area (Å²) in [5.74, 6) is -0.599. The Morgan fingerprint density at radius 2 is 1.86 bits per heavy atom. The predicted molar refractivity (Wildman–Crippen MR) is 107 cm³/mol. The van der Waals surface area contributed by atoms with Gasteiger partial charge in [0, 0.05) is 11.8 Å². The van der Waals surface area contributed by atoms with E-state index in [0.29, 0.717) is 22.1 Å². The first-order valence-corrected chi connectivity index (χ1v) is 9.98. The van der Waals surface area contributed by atoms with Crippen LogP contribution < -0.4 is 20.1 Å². The number of amides is 2. The number of rotatable bonds is 7. The van der Waals surface area contributed by atoms with Crippen LogP contribution in [0.4, 0.5) is 5.69 Å². The summed E-state index contributed by atoms with van der Waals surface area (Å²) in [5, 5.41) is 7.12. The molecule has 2 amide bonds. The van der Waals surface area contributed by atoms with Crippen molar-refractivity contribution in [1.29, 1.82) is 0 Å². The molecular formula is C20H22N2O6S. The van der Waals surface area contributed by atoms with Crippen molar-refractivity contribution in [1.82, 2.24) is 5.32 Å².